The van der Waals surface area contributed by atoms with Crippen molar-refractivity contribution >= 4 is 35.5 Å². The van der Waals surface area contributed by atoms with Crippen LogP contribution in [0.1, 0.15) is 23.7 Å². The van der Waals surface area contributed by atoms with E-state index in [-0.39, 0.29) is 5.56 Å². The van der Waals surface area contributed by atoms with Crippen molar-refractivity contribution in [1.29, 1.82) is 0 Å². The van der Waals surface area contributed by atoms with E-state index in [4.69, 9.17) is 16.3 Å². The normalized spacial score (nSPS) is 12.3. The molecular weight excluding hydrogens is 420 g/mol. The zero-order chi connectivity index (χ0) is 21.7. The molecule has 0 amide bonds. The van der Waals surface area contributed by atoms with E-state index in [2.05, 4.69) is 4.98 Å². The van der Waals surface area contributed by atoms with Crippen LogP contribution in [0.3, 0.4) is 0 Å². The average Bonchev–Trinajstić information content (AvgIpc) is 2.73. The summed E-state index contributed by atoms with van der Waals surface area (Å²) in [6.45, 7) is 1.72. The Bertz CT molecular complexity index is 1110. The second-order valence-corrected chi connectivity index (χ2v) is 8.03. The number of nitrogens with zero attached hydrogens (tertiary/aromatic N) is 2. The first kappa shape index (κ1) is 22.2. The number of halogens is 1. The summed E-state index contributed by atoms with van der Waals surface area (Å²) in [7, 11) is 1.57. The molecule has 3 rings (SSSR count). The largest absolute Gasteiger partial charge is 0.496 e. The first-order valence-corrected chi connectivity index (χ1v) is 11.0. The molecule has 0 aliphatic rings. The molecule has 0 aliphatic heterocycles. The van der Waals surface area contributed by atoms with Crippen molar-refractivity contribution in [2.24, 2.45) is 0 Å². The smallest absolute Gasteiger partial charge is 0.272 e. The highest BCUT2D eigenvalue weighted by atomic mass is 35.5. The second-order valence-electron chi connectivity index (χ2n) is 6.77. The third-order valence-electron chi connectivity index (χ3n) is 4.53. The van der Waals surface area contributed by atoms with E-state index in [1.165, 1.54) is 22.7 Å². The van der Waals surface area contributed by atoms with Gasteiger partial charge in [-0.25, -0.2) is 4.98 Å². The first-order valence-electron chi connectivity index (χ1n) is 9.37. The van der Waals surface area contributed by atoms with Crippen molar-refractivity contribution in [1.82, 2.24) is 9.55 Å². The van der Waals surface area contributed by atoms with Gasteiger partial charge in [-0.1, -0.05) is 35.9 Å². The van der Waals surface area contributed by atoms with Crippen LogP contribution in [0.25, 0.3) is 17.8 Å². The molecule has 0 spiro atoms. The lowest BCUT2D eigenvalue weighted by molar-refractivity contribution is 0.194. The van der Waals surface area contributed by atoms with Crippen LogP contribution in [0.5, 0.6) is 5.75 Å². The Kier molecular flexibility index (Phi) is 7.37. The molecule has 1 unspecified atom stereocenters. The van der Waals surface area contributed by atoms with Crippen molar-refractivity contribution in [3.8, 4) is 11.4 Å². The van der Waals surface area contributed by atoms with Crippen LogP contribution in [-0.4, -0.2) is 34.1 Å². The molecule has 0 saturated carbocycles. The van der Waals surface area contributed by atoms with Crippen molar-refractivity contribution < 1.29 is 9.84 Å². The van der Waals surface area contributed by atoms with Crippen molar-refractivity contribution in [3.63, 3.8) is 0 Å². The lowest BCUT2D eigenvalue weighted by Gasteiger charge is -2.14. The number of rotatable bonds is 7. The lowest BCUT2D eigenvalue weighted by atomic mass is 10.1. The van der Waals surface area contributed by atoms with Gasteiger partial charge in [-0.05, 0) is 48.6 Å². The Hall–Kier alpha value is -2.54. The van der Waals surface area contributed by atoms with Crippen LogP contribution in [-0.2, 0) is 6.42 Å². The Morgan fingerprint density at radius 1 is 1.23 bits per heavy atom. The molecule has 0 fully saturated rings. The van der Waals surface area contributed by atoms with Crippen molar-refractivity contribution in [2.75, 3.05) is 13.4 Å². The monoisotopic (exact) mass is 442 g/mol. The van der Waals surface area contributed by atoms with Gasteiger partial charge in [0.05, 0.1) is 29.5 Å². The summed E-state index contributed by atoms with van der Waals surface area (Å²) in [5.41, 5.74) is 2.96. The number of thioether (sulfide) groups is 1. The summed E-state index contributed by atoms with van der Waals surface area (Å²) in [5, 5.41) is 10.3. The molecule has 0 bridgehead atoms. The Balaban J connectivity index is 1.98. The van der Waals surface area contributed by atoms with E-state index >= 15 is 0 Å². The van der Waals surface area contributed by atoms with E-state index in [0.29, 0.717) is 33.5 Å². The first-order chi connectivity index (χ1) is 14.4. The minimum atomic E-state index is -0.482. The summed E-state index contributed by atoms with van der Waals surface area (Å²) < 4.78 is 6.95. The van der Waals surface area contributed by atoms with Gasteiger partial charge in [0.1, 0.15) is 12.1 Å². The zero-order valence-electron chi connectivity index (χ0n) is 17.0. The van der Waals surface area contributed by atoms with Gasteiger partial charge in [0.25, 0.3) is 5.56 Å². The van der Waals surface area contributed by atoms with Crippen LogP contribution in [0.2, 0.25) is 5.02 Å². The van der Waals surface area contributed by atoms with Gasteiger partial charge in [0, 0.05) is 17.5 Å². The fourth-order valence-corrected chi connectivity index (χ4v) is 3.79. The fraction of sp³-hybridized carbons (Fsp3) is 0.217. The number of benzene rings is 2. The molecular formula is C23H23ClN2O3S. The Morgan fingerprint density at radius 2 is 1.97 bits per heavy atom. The van der Waals surface area contributed by atoms with Gasteiger partial charge in [-0.2, -0.15) is 0 Å². The number of hydrogen-bond acceptors (Lipinski definition) is 5. The molecule has 1 atom stereocenters. The molecule has 1 aromatic heterocycles. The number of methoxy groups -OCH3 is 1. The highest BCUT2D eigenvalue weighted by molar-refractivity contribution is 7.98. The van der Waals surface area contributed by atoms with Crippen LogP contribution in [0.4, 0.5) is 0 Å². The van der Waals surface area contributed by atoms with E-state index < -0.39 is 6.10 Å². The molecule has 2 aromatic carbocycles. The van der Waals surface area contributed by atoms with E-state index in [0.717, 1.165) is 11.1 Å². The van der Waals surface area contributed by atoms with Gasteiger partial charge < -0.3 is 9.84 Å². The van der Waals surface area contributed by atoms with Crippen LogP contribution >= 0.6 is 23.4 Å². The number of aromatic nitrogens is 2. The van der Waals surface area contributed by atoms with Gasteiger partial charge in [-0.3, -0.25) is 9.36 Å². The van der Waals surface area contributed by atoms with Gasteiger partial charge in [0.15, 0.2) is 0 Å². The molecule has 0 radical (unpaired) electrons. The third kappa shape index (κ3) is 5.14. The minimum Gasteiger partial charge on any atom is -0.496 e. The van der Waals surface area contributed by atoms with E-state index in [1.54, 1.807) is 20.1 Å². The average molecular weight is 443 g/mol. The fourth-order valence-electron chi connectivity index (χ4n) is 3.06. The summed E-state index contributed by atoms with van der Waals surface area (Å²) >= 11 is 7.28. The summed E-state index contributed by atoms with van der Waals surface area (Å²) in [6, 6.07) is 12.9. The predicted octanol–water partition coefficient (Wildman–Crippen LogP) is 4.71. The molecule has 30 heavy (non-hydrogen) atoms. The molecule has 0 saturated heterocycles. The highest BCUT2D eigenvalue weighted by Crippen LogP contribution is 2.24. The van der Waals surface area contributed by atoms with Gasteiger partial charge >= 0.3 is 0 Å². The maximum atomic E-state index is 13.1. The molecule has 3 aromatic rings. The molecule has 1 N–H and O–H groups in total. The number of aliphatic hydroxyl groups is 1. The van der Waals surface area contributed by atoms with Crippen LogP contribution in [0, 0.1) is 0 Å². The van der Waals surface area contributed by atoms with Gasteiger partial charge in [-0.15, -0.1) is 11.8 Å². The van der Waals surface area contributed by atoms with E-state index in [9.17, 15) is 9.90 Å². The molecule has 1 heterocycles. The Morgan fingerprint density at radius 3 is 2.60 bits per heavy atom. The van der Waals surface area contributed by atoms with Crippen molar-refractivity contribution in [3.05, 3.63) is 81.0 Å². The number of aliphatic hydroxyl groups excluding tert-OH is 1. The second kappa shape index (κ2) is 9.98. The quantitative estimate of drug-likeness (QED) is 0.537. The maximum Gasteiger partial charge on any atom is 0.272 e. The lowest BCUT2D eigenvalue weighted by Crippen LogP contribution is -2.21. The topological polar surface area (TPSA) is 64.4 Å². The van der Waals surface area contributed by atoms with Crippen LogP contribution in [0.15, 0.2) is 58.5 Å². The van der Waals surface area contributed by atoms with Gasteiger partial charge in [0.2, 0.25) is 0 Å². The van der Waals surface area contributed by atoms with E-state index in [1.807, 2.05) is 54.8 Å². The predicted molar refractivity (Wildman–Crippen MR) is 124 cm³/mol. The summed E-state index contributed by atoms with van der Waals surface area (Å²) in [6.07, 6.45) is 7.09. The highest BCUT2D eigenvalue weighted by Gasteiger charge is 2.13. The maximum absolute atomic E-state index is 13.1. The SMILES string of the molecule is COc1cc(-n2cnc(/C=C/c3ccc(Cl)cc3)c(SC)c2=O)ccc1CC(C)O. The number of hydrogen-bond donors (Lipinski definition) is 1. The molecule has 5 nitrogen and oxygen atoms in total. The summed E-state index contributed by atoms with van der Waals surface area (Å²) in [5.74, 6) is 0.623. The minimum absolute atomic E-state index is 0.154. The third-order valence-corrected chi connectivity index (χ3v) is 5.57. The molecule has 0 aliphatic carbocycles. The zero-order valence-corrected chi connectivity index (χ0v) is 18.6. The summed E-state index contributed by atoms with van der Waals surface area (Å²) in [4.78, 5) is 18.2. The molecule has 156 valence electrons. The van der Waals surface area contributed by atoms with Crippen LogP contribution < -0.4 is 10.3 Å². The standard InChI is InChI=1S/C23H23ClN2O3S/c1-15(27)12-17-7-10-19(13-21(17)29-2)26-14-25-20(22(30-3)23(26)28)11-6-16-4-8-18(24)9-5-16/h4-11,13-15,27H,12H2,1-3H3/b11-6+. The molecule has 7 heteroatoms. The number of ether oxygens (including phenoxy) is 1. The Labute approximate surface area is 185 Å². The van der Waals surface area contributed by atoms with Crippen molar-refractivity contribution in [2.45, 2.75) is 24.3 Å².